The molecule has 1 aliphatic heterocycles. The number of methoxy groups -OCH3 is 2. The van der Waals surface area contributed by atoms with E-state index in [1.807, 2.05) is 12.1 Å². The Hall–Kier alpha value is -4.03. The molecule has 1 saturated carbocycles. The summed E-state index contributed by atoms with van der Waals surface area (Å²) in [6.07, 6.45) is 11.6. The molecule has 1 aliphatic carbocycles. The molecule has 0 unspecified atom stereocenters. The van der Waals surface area contributed by atoms with Crippen molar-refractivity contribution in [3.63, 3.8) is 0 Å². The van der Waals surface area contributed by atoms with Crippen LogP contribution in [0.15, 0.2) is 30.5 Å². The number of carbonyl (C=O) groups is 1. The molecule has 0 radical (unpaired) electrons. The van der Waals surface area contributed by atoms with Gasteiger partial charge in [0.1, 0.15) is 23.0 Å². The second-order valence-corrected chi connectivity index (χ2v) is 9.96. The molecule has 0 spiro atoms. The quantitative estimate of drug-likeness (QED) is 0.477. The Bertz CT molecular complexity index is 1410. The summed E-state index contributed by atoms with van der Waals surface area (Å²) in [6, 6.07) is 5.71. The Balaban J connectivity index is 1.61. The molecule has 3 N–H and O–H groups in total. The van der Waals surface area contributed by atoms with E-state index in [1.54, 1.807) is 26.5 Å². The van der Waals surface area contributed by atoms with E-state index in [0.717, 1.165) is 60.6 Å². The van der Waals surface area contributed by atoms with Gasteiger partial charge in [0.05, 0.1) is 37.8 Å². The van der Waals surface area contributed by atoms with Crippen LogP contribution in [0.25, 0.3) is 17.0 Å². The summed E-state index contributed by atoms with van der Waals surface area (Å²) in [7, 11) is 3.22. The fourth-order valence-corrected chi connectivity index (χ4v) is 5.32. The van der Waals surface area contributed by atoms with E-state index in [4.69, 9.17) is 25.0 Å². The van der Waals surface area contributed by atoms with Crippen LogP contribution in [-0.4, -0.2) is 54.1 Å². The van der Waals surface area contributed by atoms with Gasteiger partial charge in [-0.3, -0.25) is 9.48 Å². The van der Waals surface area contributed by atoms with Crippen molar-refractivity contribution in [1.82, 2.24) is 20.1 Å². The second-order valence-electron chi connectivity index (χ2n) is 9.96. The standard InChI is InChI=1S/C30H35N5O4/c1-37-24-15-20(16-25(18-24)38-2)11-12-26-28-29-21(19-32-30(28)31)7-3-4-13-39-14-6-10-27(36)33-22-8-5-9-23(17-22)35(29)34-26/h3,7,15-16,18-19,22-23H,4-6,8-10,13-14,17H2,1-2H3,(H2,31,32)(H,33,36)/b7-3+/t22-,23-/m1/s1. The fourth-order valence-electron chi connectivity index (χ4n) is 5.32. The van der Waals surface area contributed by atoms with Crippen molar-refractivity contribution in [3.05, 3.63) is 47.3 Å². The van der Waals surface area contributed by atoms with Gasteiger partial charge in [-0.25, -0.2) is 4.98 Å². The maximum Gasteiger partial charge on any atom is 0.220 e. The summed E-state index contributed by atoms with van der Waals surface area (Å²) in [5.74, 6) is 8.24. The van der Waals surface area contributed by atoms with Crippen LogP contribution in [0.5, 0.6) is 11.5 Å². The topological polar surface area (TPSA) is 114 Å². The molecule has 2 aliphatic rings. The van der Waals surface area contributed by atoms with Crippen molar-refractivity contribution in [2.75, 3.05) is 33.2 Å². The van der Waals surface area contributed by atoms with Gasteiger partial charge in [-0.1, -0.05) is 18.1 Å². The number of anilines is 1. The summed E-state index contributed by atoms with van der Waals surface area (Å²) >= 11 is 0. The molecule has 9 nitrogen and oxygen atoms in total. The van der Waals surface area contributed by atoms with Crippen LogP contribution in [-0.2, 0) is 9.53 Å². The summed E-state index contributed by atoms with van der Waals surface area (Å²) in [5.41, 5.74) is 9.60. The van der Waals surface area contributed by atoms with Crippen LogP contribution in [0.1, 0.15) is 67.8 Å². The third-order valence-electron chi connectivity index (χ3n) is 7.24. The van der Waals surface area contributed by atoms with Gasteiger partial charge < -0.3 is 25.3 Å². The molecule has 3 aromatic rings. The summed E-state index contributed by atoms with van der Waals surface area (Å²) in [4.78, 5) is 17.1. The molecule has 9 heteroatoms. The average Bonchev–Trinajstić information content (AvgIpc) is 3.34. The minimum Gasteiger partial charge on any atom is -0.497 e. The number of benzene rings is 1. The number of pyridine rings is 1. The number of hydrogen-bond acceptors (Lipinski definition) is 7. The lowest BCUT2D eigenvalue weighted by molar-refractivity contribution is -0.122. The molecular formula is C30H35N5O4. The Morgan fingerprint density at radius 2 is 1.92 bits per heavy atom. The summed E-state index contributed by atoms with van der Waals surface area (Å²) in [5, 5.41) is 8.99. The SMILES string of the molecule is COc1cc(C#Cc2nn3c4c(cnc(N)c24)/C=C/CCOCCCC(=O)N[C@@H]2CCC[C@@H]3C2)cc(OC)c1. The highest BCUT2D eigenvalue weighted by molar-refractivity contribution is 5.98. The van der Waals surface area contributed by atoms with Gasteiger partial charge in [0.2, 0.25) is 5.91 Å². The number of nitrogens with one attached hydrogen (secondary N) is 1. The average molecular weight is 530 g/mol. The predicted octanol–water partition coefficient (Wildman–Crippen LogP) is 4.24. The van der Waals surface area contributed by atoms with Crippen molar-refractivity contribution < 1.29 is 19.0 Å². The summed E-state index contributed by atoms with van der Waals surface area (Å²) < 4.78 is 18.6. The number of fused-ring (bicyclic) bond motifs is 3. The molecule has 39 heavy (non-hydrogen) atoms. The maximum atomic E-state index is 12.6. The van der Waals surface area contributed by atoms with E-state index < -0.39 is 0 Å². The highest BCUT2D eigenvalue weighted by Crippen LogP contribution is 2.35. The van der Waals surface area contributed by atoms with Crippen molar-refractivity contribution in [1.29, 1.82) is 0 Å². The monoisotopic (exact) mass is 529 g/mol. The number of nitrogens with two attached hydrogens (primary N) is 1. The van der Waals surface area contributed by atoms with Crippen molar-refractivity contribution in [3.8, 4) is 23.3 Å². The minimum absolute atomic E-state index is 0.0796. The normalized spacial score (nSPS) is 20.9. The zero-order valence-electron chi connectivity index (χ0n) is 22.5. The predicted molar refractivity (Wildman–Crippen MR) is 151 cm³/mol. The number of carbonyl (C=O) groups excluding carboxylic acids is 1. The first kappa shape index (κ1) is 26.6. The van der Waals surface area contributed by atoms with Crippen LogP contribution < -0.4 is 20.5 Å². The third-order valence-corrected chi connectivity index (χ3v) is 7.24. The number of rotatable bonds is 2. The minimum atomic E-state index is 0.0796. The smallest absolute Gasteiger partial charge is 0.220 e. The van der Waals surface area contributed by atoms with Gasteiger partial charge in [0.15, 0.2) is 0 Å². The first-order chi connectivity index (χ1) is 19.1. The van der Waals surface area contributed by atoms with E-state index in [1.165, 1.54) is 0 Å². The highest BCUT2D eigenvalue weighted by atomic mass is 16.5. The van der Waals surface area contributed by atoms with Crippen molar-refractivity contribution >= 4 is 28.7 Å². The molecule has 3 heterocycles. The number of nitrogens with zero attached hydrogens (tertiary/aromatic N) is 3. The molecule has 1 amide bonds. The molecule has 2 bridgehead atoms. The molecule has 204 valence electrons. The van der Waals surface area contributed by atoms with Gasteiger partial charge in [0.25, 0.3) is 0 Å². The number of amides is 1. The molecule has 2 aromatic heterocycles. The first-order valence-electron chi connectivity index (χ1n) is 13.5. The Morgan fingerprint density at radius 3 is 2.72 bits per heavy atom. The maximum absolute atomic E-state index is 12.6. The molecule has 2 atom stereocenters. The molecular weight excluding hydrogens is 494 g/mol. The highest BCUT2D eigenvalue weighted by Gasteiger charge is 2.28. The second kappa shape index (κ2) is 12.2. The van der Waals surface area contributed by atoms with Gasteiger partial charge >= 0.3 is 0 Å². The van der Waals surface area contributed by atoms with Crippen LogP contribution in [0.4, 0.5) is 5.82 Å². The Labute approximate surface area is 228 Å². The van der Waals surface area contributed by atoms with Crippen LogP contribution in [0.3, 0.4) is 0 Å². The van der Waals surface area contributed by atoms with Gasteiger partial charge in [-0.15, -0.1) is 0 Å². The lowest BCUT2D eigenvalue weighted by atomic mass is 9.90. The van der Waals surface area contributed by atoms with Crippen molar-refractivity contribution in [2.45, 2.75) is 57.0 Å². The largest absolute Gasteiger partial charge is 0.497 e. The zero-order chi connectivity index (χ0) is 27.2. The Kier molecular flexibility index (Phi) is 8.33. The molecule has 5 rings (SSSR count). The fraction of sp³-hybridized carbons (Fsp3) is 0.433. The molecule has 0 saturated heterocycles. The number of aromatic nitrogens is 3. The third kappa shape index (κ3) is 6.18. The van der Waals surface area contributed by atoms with E-state index in [9.17, 15) is 4.79 Å². The first-order valence-corrected chi connectivity index (χ1v) is 13.5. The van der Waals surface area contributed by atoms with Gasteiger partial charge in [0, 0.05) is 42.5 Å². The molecule has 1 fully saturated rings. The molecule has 1 aromatic carbocycles. The number of ether oxygens (including phenoxy) is 3. The lowest BCUT2D eigenvalue weighted by Crippen LogP contribution is -2.39. The number of hydrogen-bond donors (Lipinski definition) is 2. The Morgan fingerprint density at radius 1 is 1.10 bits per heavy atom. The van der Waals surface area contributed by atoms with E-state index in [-0.39, 0.29) is 18.0 Å². The lowest BCUT2D eigenvalue weighted by Gasteiger charge is -2.30. The van der Waals surface area contributed by atoms with E-state index in [2.05, 4.69) is 39.0 Å². The van der Waals surface area contributed by atoms with E-state index >= 15 is 0 Å². The van der Waals surface area contributed by atoms with Gasteiger partial charge in [-0.2, -0.15) is 5.10 Å². The van der Waals surface area contributed by atoms with Crippen LogP contribution >= 0.6 is 0 Å². The van der Waals surface area contributed by atoms with Crippen molar-refractivity contribution in [2.24, 2.45) is 0 Å². The number of nitrogen functional groups attached to an aromatic ring is 1. The van der Waals surface area contributed by atoms with E-state index in [0.29, 0.717) is 42.6 Å². The zero-order valence-corrected chi connectivity index (χ0v) is 22.5. The van der Waals surface area contributed by atoms with Crippen LogP contribution in [0, 0.1) is 11.8 Å². The van der Waals surface area contributed by atoms with Crippen LogP contribution in [0.2, 0.25) is 0 Å². The van der Waals surface area contributed by atoms with Gasteiger partial charge in [-0.05, 0) is 56.6 Å². The summed E-state index contributed by atoms with van der Waals surface area (Å²) in [6.45, 7) is 1.17.